The smallest absolute Gasteiger partial charge is 0.0873 e. The molecule has 0 amide bonds. The molecule has 0 unspecified atom stereocenters. The molecule has 2 rings (SSSR count). The predicted octanol–water partition coefficient (Wildman–Crippen LogP) is 3.87. The molecule has 15 heavy (non-hydrogen) atoms. The van der Waals surface area contributed by atoms with Gasteiger partial charge in [0.2, 0.25) is 0 Å². The first-order valence-electron chi connectivity index (χ1n) is 5.48. The van der Waals surface area contributed by atoms with Gasteiger partial charge in [0.05, 0.1) is 11.7 Å². The number of ether oxygens (including phenoxy) is 1. The van der Waals surface area contributed by atoms with Gasteiger partial charge in [0, 0.05) is 0 Å². The Hall–Kier alpha value is -1.08. The summed E-state index contributed by atoms with van der Waals surface area (Å²) < 4.78 is 6.05. The Labute approximate surface area is 91.8 Å². The molecule has 0 bridgehead atoms. The largest absolute Gasteiger partial charge is 0.363 e. The molecule has 0 saturated heterocycles. The summed E-state index contributed by atoms with van der Waals surface area (Å²) in [5, 5.41) is 0. The van der Waals surface area contributed by atoms with Crippen molar-refractivity contribution in [2.45, 2.75) is 38.9 Å². The van der Waals surface area contributed by atoms with Crippen molar-refractivity contribution in [2.24, 2.45) is 0 Å². The van der Waals surface area contributed by atoms with E-state index in [1.54, 1.807) is 0 Å². The number of hydrogen-bond acceptors (Lipinski definition) is 1. The molecule has 80 valence electrons. The third kappa shape index (κ3) is 2.48. The van der Waals surface area contributed by atoms with Crippen molar-refractivity contribution in [3.8, 4) is 0 Å². The van der Waals surface area contributed by atoms with Crippen LogP contribution in [0.3, 0.4) is 0 Å². The van der Waals surface area contributed by atoms with Gasteiger partial charge in [0.1, 0.15) is 0 Å². The van der Waals surface area contributed by atoms with Gasteiger partial charge in [-0.1, -0.05) is 42.0 Å². The van der Waals surface area contributed by atoms with Gasteiger partial charge >= 0.3 is 0 Å². The number of benzene rings is 1. The van der Waals surface area contributed by atoms with Crippen molar-refractivity contribution in [2.75, 3.05) is 0 Å². The second-order valence-electron chi connectivity index (χ2n) is 4.82. The van der Waals surface area contributed by atoms with Crippen LogP contribution in [0.2, 0.25) is 0 Å². The summed E-state index contributed by atoms with van der Waals surface area (Å²) in [6, 6.07) is 10.5. The molecule has 0 aromatic heterocycles. The zero-order valence-electron chi connectivity index (χ0n) is 9.66. The number of hydrogen-bond donors (Lipinski definition) is 0. The zero-order chi connectivity index (χ0) is 10.9. The quantitative estimate of drug-likeness (QED) is 0.628. The molecule has 1 nitrogen and oxygen atoms in total. The zero-order valence-corrected chi connectivity index (χ0v) is 9.66. The molecule has 1 aromatic carbocycles. The second-order valence-corrected chi connectivity index (χ2v) is 4.82. The van der Waals surface area contributed by atoms with Gasteiger partial charge in [-0.05, 0) is 32.8 Å². The van der Waals surface area contributed by atoms with Crippen LogP contribution in [0.5, 0.6) is 0 Å². The first kappa shape index (κ1) is 10.4. The molecular weight excluding hydrogens is 184 g/mol. The molecule has 0 saturated carbocycles. The van der Waals surface area contributed by atoms with Gasteiger partial charge in [-0.3, -0.25) is 0 Å². The molecule has 0 fully saturated rings. The maximum Gasteiger partial charge on any atom is 0.0873 e. The lowest BCUT2D eigenvalue weighted by Gasteiger charge is -2.34. The van der Waals surface area contributed by atoms with Crippen molar-refractivity contribution in [3.63, 3.8) is 0 Å². The van der Waals surface area contributed by atoms with Crippen molar-refractivity contribution in [1.82, 2.24) is 0 Å². The van der Waals surface area contributed by atoms with Crippen LogP contribution in [-0.2, 0) is 4.74 Å². The molecule has 0 spiro atoms. The van der Waals surface area contributed by atoms with E-state index in [-0.39, 0.29) is 11.7 Å². The highest BCUT2D eigenvalue weighted by Crippen LogP contribution is 2.35. The van der Waals surface area contributed by atoms with Crippen LogP contribution < -0.4 is 0 Å². The Morgan fingerprint density at radius 1 is 1.20 bits per heavy atom. The Balaban J connectivity index is 2.24. The van der Waals surface area contributed by atoms with Gasteiger partial charge in [-0.15, -0.1) is 0 Å². The highest BCUT2D eigenvalue weighted by molar-refractivity contribution is 5.23. The molecule has 1 atom stereocenters. The fourth-order valence-electron chi connectivity index (χ4n) is 2.24. The van der Waals surface area contributed by atoms with Gasteiger partial charge in [0.15, 0.2) is 0 Å². The van der Waals surface area contributed by atoms with Crippen LogP contribution in [0.15, 0.2) is 42.0 Å². The molecule has 0 N–H and O–H groups in total. The van der Waals surface area contributed by atoms with E-state index in [0.29, 0.717) is 0 Å². The van der Waals surface area contributed by atoms with Crippen LogP contribution in [0.4, 0.5) is 0 Å². The number of rotatable bonds is 1. The Morgan fingerprint density at radius 3 is 2.47 bits per heavy atom. The van der Waals surface area contributed by atoms with Crippen molar-refractivity contribution < 1.29 is 4.74 Å². The Bertz CT molecular complexity index is 362. The molecule has 1 aliphatic rings. The summed E-state index contributed by atoms with van der Waals surface area (Å²) in [5.74, 6) is 0. The van der Waals surface area contributed by atoms with E-state index in [4.69, 9.17) is 4.74 Å². The fourth-order valence-corrected chi connectivity index (χ4v) is 2.24. The van der Waals surface area contributed by atoms with E-state index in [0.717, 1.165) is 6.42 Å². The molecule has 1 aromatic rings. The predicted molar refractivity (Wildman–Crippen MR) is 62.7 cm³/mol. The summed E-state index contributed by atoms with van der Waals surface area (Å²) in [6.07, 6.45) is 3.44. The van der Waals surface area contributed by atoms with E-state index in [2.05, 4.69) is 51.1 Å². The summed E-state index contributed by atoms with van der Waals surface area (Å²) in [5.41, 5.74) is 2.56. The maximum absolute atomic E-state index is 6.05. The summed E-state index contributed by atoms with van der Waals surface area (Å²) in [7, 11) is 0. The average molecular weight is 202 g/mol. The van der Waals surface area contributed by atoms with Crippen LogP contribution in [0.1, 0.15) is 38.9 Å². The van der Waals surface area contributed by atoms with Crippen LogP contribution in [0.25, 0.3) is 0 Å². The van der Waals surface area contributed by atoms with Crippen LogP contribution in [0, 0.1) is 0 Å². The molecule has 0 radical (unpaired) electrons. The minimum Gasteiger partial charge on any atom is -0.363 e. The standard InChI is InChI=1S/C14H18O/c1-11-9-13(15-14(2,3)10-11)12-7-5-4-6-8-12/h4-8,10,13H,9H2,1-3H3/t13-/m1/s1. The third-order valence-electron chi connectivity index (χ3n) is 2.72. The molecule has 1 heteroatoms. The lowest BCUT2D eigenvalue weighted by Crippen LogP contribution is -2.28. The van der Waals surface area contributed by atoms with Gasteiger partial charge in [-0.25, -0.2) is 0 Å². The van der Waals surface area contributed by atoms with Gasteiger partial charge in [-0.2, -0.15) is 0 Å². The normalized spacial score (nSPS) is 24.7. The summed E-state index contributed by atoms with van der Waals surface area (Å²) in [4.78, 5) is 0. The minimum atomic E-state index is -0.136. The van der Waals surface area contributed by atoms with Gasteiger partial charge < -0.3 is 4.74 Å². The van der Waals surface area contributed by atoms with E-state index in [1.807, 2.05) is 6.07 Å². The summed E-state index contributed by atoms with van der Waals surface area (Å²) >= 11 is 0. The molecule has 1 aliphatic heterocycles. The monoisotopic (exact) mass is 202 g/mol. The molecule has 1 heterocycles. The molecule has 0 aliphatic carbocycles. The molecular formula is C14H18O. The van der Waals surface area contributed by atoms with Crippen LogP contribution >= 0.6 is 0 Å². The Kier molecular flexibility index (Phi) is 2.66. The van der Waals surface area contributed by atoms with Crippen molar-refractivity contribution in [1.29, 1.82) is 0 Å². The highest BCUT2D eigenvalue weighted by atomic mass is 16.5. The highest BCUT2D eigenvalue weighted by Gasteiger charge is 2.27. The van der Waals surface area contributed by atoms with E-state index < -0.39 is 0 Å². The lowest BCUT2D eigenvalue weighted by molar-refractivity contribution is -0.0529. The van der Waals surface area contributed by atoms with Crippen molar-refractivity contribution in [3.05, 3.63) is 47.5 Å². The average Bonchev–Trinajstić information content (AvgIpc) is 2.16. The van der Waals surface area contributed by atoms with Crippen molar-refractivity contribution >= 4 is 0 Å². The maximum atomic E-state index is 6.05. The van der Waals surface area contributed by atoms with Crippen LogP contribution in [-0.4, -0.2) is 5.60 Å². The topological polar surface area (TPSA) is 9.23 Å². The van der Waals surface area contributed by atoms with Gasteiger partial charge in [0.25, 0.3) is 0 Å². The fraction of sp³-hybridized carbons (Fsp3) is 0.429. The Morgan fingerprint density at radius 2 is 1.87 bits per heavy atom. The first-order chi connectivity index (χ1) is 7.07. The minimum absolute atomic E-state index is 0.136. The first-order valence-corrected chi connectivity index (χ1v) is 5.48. The van der Waals surface area contributed by atoms with E-state index in [1.165, 1.54) is 11.1 Å². The lowest BCUT2D eigenvalue weighted by atomic mass is 9.93. The van der Waals surface area contributed by atoms with E-state index >= 15 is 0 Å². The SMILES string of the molecule is CC1=CC(C)(C)O[C@@H](c2ccccc2)C1. The summed E-state index contributed by atoms with van der Waals surface area (Å²) in [6.45, 7) is 6.41. The third-order valence-corrected chi connectivity index (χ3v) is 2.72. The second kappa shape index (κ2) is 3.82. The van der Waals surface area contributed by atoms with E-state index in [9.17, 15) is 0 Å².